The molecular weight excluding hydrogens is 296 g/mol. The maximum Gasteiger partial charge on any atom is 0.240 e. The zero-order valence-corrected chi connectivity index (χ0v) is 14.3. The highest BCUT2D eigenvalue weighted by Crippen LogP contribution is 2.33. The summed E-state index contributed by atoms with van der Waals surface area (Å²) in [4.78, 5) is 12.5. The fourth-order valence-corrected chi connectivity index (χ4v) is 2.84. The van der Waals surface area contributed by atoms with Gasteiger partial charge in [-0.15, -0.1) is 0 Å². The van der Waals surface area contributed by atoms with Crippen LogP contribution >= 0.6 is 0 Å². The topological polar surface area (TPSA) is 82.8 Å². The van der Waals surface area contributed by atoms with Crippen molar-refractivity contribution in [3.63, 3.8) is 0 Å². The van der Waals surface area contributed by atoms with Crippen LogP contribution in [0.3, 0.4) is 0 Å². The number of hydrogen-bond acceptors (Lipinski definition) is 5. The molecule has 1 unspecified atom stereocenters. The van der Waals surface area contributed by atoms with Crippen molar-refractivity contribution in [2.75, 3.05) is 27.4 Å². The van der Waals surface area contributed by atoms with Gasteiger partial charge in [-0.2, -0.15) is 0 Å². The van der Waals surface area contributed by atoms with Gasteiger partial charge in [0.2, 0.25) is 5.91 Å². The number of aryl methyl sites for hydroxylation is 1. The normalized spacial score (nSPS) is 18.1. The van der Waals surface area contributed by atoms with Crippen molar-refractivity contribution in [3.05, 3.63) is 23.3 Å². The van der Waals surface area contributed by atoms with Crippen molar-refractivity contribution in [1.82, 2.24) is 5.32 Å². The van der Waals surface area contributed by atoms with Crippen LogP contribution in [-0.2, 0) is 9.53 Å². The Hall–Kier alpha value is -1.79. The molecular formula is C17H26N2O4. The van der Waals surface area contributed by atoms with Crippen molar-refractivity contribution in [1.29, 1.82) is 0 Å². The first-order valence-electron chi connectivity index (χ1n) is 7.81. The van der Waals surface area contributed by atoms with E-state index in [0.717, 1.165) is 11.1 Å². The number of carbonyl (C=O) groups is 1. The summed E-state index contributed by atoms with van der Waals surface area (Å²) in [6, 6.07) is 3.63. The lowest BCUT2D eigenvalue weighted by Crippen LogP contribution is -2.57. The zero-order chi connectivity index (χ0) is 17.0. The number of methoxy groups -OCH3 is 2. The van der Waals surface area contributed by atoms with Gasteiger partial charge in [0.15, 0.2) is 11.5 Å². The molecule has 3 N–H and O–H groups in total. The van der Waals surface area contributed by atoms with Crippen molar-refractivity contribution in [3.8, 4) is 11.5 Å². The molecule has 6 nitrogen and oxygen atoms in total. The molecule has 1 aliphatic heterocycles. The Balaban J connectivity index is 2.17. The molecule has 0 saturated carbocycles. The Morgan fingerprint density at radius 2 is 1.83 bits per heavy atom. The molecule has 1 atom stereocenters. The minimum Gasteiger partial charge on any atom is -0.493 e. The largest absolute Gasteiger partial charge is 0.493 e. The van der Waals surface area contributed by atoms with Gasteiger partial charge in [0, 0.05) is 13.2 Å². The standard InChI is InChI=1S/C17H26N2O4/c1-11-9-14(21-3)15(22-4)10-13(11)12(2)19-16(20)17(18)5-7-23-8-6-17/h9-10,12H,5-8,18H2,1-4H3,(H,19,20). The molecule has 0 aliphatic carbocycles. The minimum absolute atomic E-state index is 0.137. The maximum atomic E-state index is 12.5. The zero-order valence-electron chi connectivity index (χ0n) is 14.3. The Morgan fingerprint density at radius 3 is 2.39 bits per heavy atom. The Labute approximate surface area is 137 Å². The molecule has 1 aromatic carbocycles. The first-order valence-corrected chi connectivity index (χ1v) is 7.81. The quantitative estimate of drug-likeness (QED) is 0.862. The van der Waals surface area contributed by atoms with Gasteiger partial charge in [-0.3, -0.25) is 4.79 Å². The second-order valence-electron chi connectivity index (χ2n) is 6.03. The lowest BCUT2D eigenvalue weighted by molar-refractivity contribution is -0.130. The Morgan fingerprint density at radius 1 is 1.26 bits per heavy atom. The third kappa shape index (κ3) is 3.76. The fraction of sp³-hybridized carbons (Fsp3) is 0.588. The smallest absolute Gasteiger partial charge is 0.240 e. The van der Waals surface area contributed by atoms with Gasteiger partial charge in [-0.1, -0.05) is 0 Å². The van der Waals surface area contributed by atoms with E-state index < -0.39 is 5.54 Å². The number of nitrogens with two attached hydrogens (primary N) is 1. The van der Waals surface area contributed by atoms with Gasteiger partial charge >= 0.3 is 0 Å². The summed E-state index contributed by atoms with van der Waals surface area (Å²) in [5.41, 5.74) is 7.38. The van der Waals surface area contributed by atoms with Crippen LogP contribution in [0.2, 0.25) is 0 Å². The highest BCUT2D eigenvalue weighted by atomic mass is 16.5. The van der Waals surface area contributed by atoms with Crippen LogP contribution in [0.25, 0.3) is 0 Å². The van der Waals surface area contributed by atoms with Gasteiger partial charge < -0.3 is 25.3 Å². The Kier molecular flexibility index (Phi) is 5.49. The SMILES string of the molecule is COc1cc(C)c(C(C)NC(=O)C2(N)CCOCC2)cc1OC. The third-order valence-corrected chi connectivity index (χ3v) is 4.42. The number of amides is 1. The third-order valence-electron chi connectivity index (χ3n) is 4.42. The molecule has 0 spiro atoms. The first-order chi connectivity index (χ1) is 10.9. The number of carbonyl (C=O) groups excluding carboxylic acids is 1. The summed E-state index contributed by atoms with van der Waals surface area (Å²) in [6.07, 6.45) is 1.08. The van der Waals surface area contributed by atoms with Gasteiger partial charge in [0.1, 0.15) is 0 Å². The average molecular weight is 322 g/mol. The van der Waals surface area contributed by atoms with Gasteiger partial charge in [0.25, 0.3) is 0 Å². The van der Waals surface area contributed by atoms with E-state index in [4.69, 9.17) is 19.9 Å². The van der Waals surface area contributed by atoms with Crippen LogP contribution in [-0.4, -0.2) is 38.9 Å². The van der Waals surface area contributed by atoms with E-state index in [2.05, 4.69) is 5.32 Å². The van der Waals surface area contributed by atoms with Gasteiger partial charge in [0.05, 0.1) is 25.8 Å². The molecule has 0 bridgehead atoms. The van der Waals surface area contributed by atoms with Crippen LogP contribution in [0, 0.1) is 6.92 Å². The van der Waals surface area contributed by atoms with Gasteiger partial charge in [-0.05, 0) is 49.9 Å². The minimum atomic E-state index is -0.850. The summed E-state index contributed by atoms with van der Waals surface area (Å²) >= 11 is 0. The monoisotopic (exact) mass is 322 g/mol. The first kappa shape index (κ1) is 17.6. The number of nitrogens with one attached hydrogen (secondary N) is 1. The average Bonchev–Trinajstić information content (AvgIpc) is 2.54. The van der Waals surface area contributed by atoms with Crippen molar-refractivity contribution in [2.45, 2.75) is 38.3 Å². The van der Waals surface area contributed by atoms with Crippen LogP contribution in [0.15, 0.2) is 12.1 Å². The van der Waals surface area contributed by atoms with E-state index in [1.54, 1.807) is 14.2 Å². The second kappa shape index (κ2) is 7.19. The predicted octanol–water partition coefficient (Wildman–Crippen LogP) is 1.70. The van der Waals surface area contributed by atoms with Crippen molar-refractivity contribution in [2.24, 2.45) is 5.73 Å². The number of hydrogen-bond donors (Lipinski definition) is 2. The van der Waals surface area contributed by atoms with E-state index in [-0.39, 0.29) is 11.9 Å². The summed E-state index contributed by atoms with van der Waals surface area (Å²) in [7, 11) is 3.20. The number of benzene rings is 1. The van der Waals surface area contributed by atoms with E-state index in [1.807, 2.05) is 26.0 Å². The highest BCUT2D eigenvalue weighted by molar-refractivity contribution is 5.86. The van der Waals surface area contributed by atoms with E-state index >= 15 is 0 Å². The molecule has 23 heavy (non-hydrogen) atoms. The summed E-state index contributed by atoms with van der Waals surface area (Å²) in [5, 5.41) is 3.02. The lowest BCUT2D eigenvalue weighted by atomic mass is 9.89. The Bertz CT molecular complexity index is 568. The summed E-state index contributed by atoms with van der Waals surface area (Å²) in [5.74, 6) is 1.18. The molecule has 0 aromatic heterocycles. The molecule has 1 aromatic rings. The number of ether oxygens (including phenoxy) is 3. The lowest BCUT2D eigenvalue weighted by Gasteiger charge is -2.33. The van der Waals surface area contributed by atoms with E-state index in [1.165, 1.54) is 0 Å². The molecule has 128 valence electrons. The molecule has 6 heteroatoms. The molecule has 1 heterocycles. The van der Waals surface area contributed by atoms with Crippen LogP contribution in [0.5, 0.6) is 11.5 Å². The molecule has 1 saturated heterocycles. The van der Waals surface area contributed by atoms with Crippen LogP contribution in [0.4, 0.5) is 0 Å². The highest BCUT2D eigenvalue weighted by Gasteiger charge is 2.36. The van der Waals surface area contributed by atoms with Crippen LogP contribution < -0.4 is 20.5 Å². The van der Waals surface area contributed by atoms with E-state index in [0.29, 0.717) is 37.6 Å². The van der Waals surface area contributed by atoms with Crippen molar-refractivity contribution >= 4 is 5.91 Å². The number of rotatable bonds is 5. The summed E-state index contributed by atoms with van der Waals surface area (Å²) in [6.45, 7) is 4.96. The van der Waals surface area contributed by atoms with Gasteiger partial charge in [-0.25, -0.2) is 0 Å². The molecule has 0 radical (unpaired) electrons. The van der Waals surface area contributed by atoms with E-state index in [9.17, 15) is 4.79 Å². The molecule has 1 aliphatic rings. The predicted molar refractivity (Wildman–Crippen MR) is 87.8 cm³/mol. The maximum absolute atomic E-state index is 12.5. The summed E-state index contributed by atoms with van der Waals surface area (Å²) < 4.78 is 15.9. The van der Waals surface area contributed by atoms with Crippen molar-refractivity contribution < 1.29 is 19.0 Å². The fourth-order valence-electron chi connectivity index (χ4n) is 2.84. The molecule has 2 rings (SSSR count). The second-order valence-corrected chi connectivity index (χ2v) is 6.03. The molecule has 1 fully saturated rings. The van der Waals surface area contributed by atoms with Crippen LogP contribution in [0.1, 0.15) is 36.9 Å². The molecule has 1 amide bonds.